The molecule has 2 rings (SSSR count). The van der Waals surface area contributed by atoms with Crippen molar-refractivity contribution in [1.29, 1.82) is 0 Å². The van der Waals surface area contributed by atoms with Gasteiger partial charge in [-0.15, -0.1) is 0 Å². The van der Waals surface area contributed by atoms with Crippen molar-refractivity contribution < 1.29 is 14.3 Å². The zero-order valence-corrected chi connectivity index (χ0v) is 14.4. The fourth-order valence-corrected chi connectivity index (χ4v) is 2.57. The van der Waals surface area contributed by atoms with Gasteiger partial charge in [-0.3, -0.25) is 5.32 Å². The molecule has 0 heterocycles. The molecule has 1 amide bonds. The van der Waals surface area contributed by atoms with Crippen molar-refractivity contribution in [3.63, 3.8) is 0 Å². The van der Waals surface area contributed by atoms with Crippen LogP contribution in [-0.4, -0.2) is 13.2 Å². The first-order valence-electron chi connectivity index (χ1n) is 6.83. The molecule has 0 saturated heterocycles. The molecular formula is C17H18BrNO3. The summed E-state index contributed by atoms with van der Waals surface area (Å²) in [6, 6.07) is 11.6. The number of amides is 1. The van der Waals surface area contributed by atoms with Crippen LogP contribution in [0.15, 0.2) is 40.9 Å². The molecule has 5 heteroatoms. The molecule has 116 valence electrons. The smallest absolute Gasteiger partial charge is 0.411 e. The number of rotatable bonds is 4. The number of ether oxygens (including phenoxy) is 2. The summed E-state index contributed by atoms with van der Waals surface area (Å²) in [6.45, 7) is 4.34. The topological polar surface area (TPSA) is 47.6 Å². The van der Waals surface area contributed by atoms with Crippen LogP contribution in [-0.2, 0) is 11.3 Å². The van der Waals surface area contributed by atoms with Crippen molar-refractivity contribution in [2.45, 2.75) is 20.5 Å². The minimum atomic E-state index is -0.494. The third kappa shape index (κ3) is 4.01. The highest BCUT2D eigenvalue weighted by molar-refractivity contribution is 9.10. The first-order valence-corrected chi connectivity index (χ1v) is 7.63. The number of carbonyl (C=O) groups excluding carboxylic acids is 1. The van der Waals surface area contributed by atoms with E-state index in [1.165, 1.54) is 7.11 Å². The molecule has 4 nitrogen and oxygen atoms in total. The van der Waals surface area contributed by atoms with E-state index < -0.39 is 6.09 Å². The third-order valence-electron chi connectivity index (χ3n) is 3.34. The van der Waals surface area contributed by atoms with Crippen LogP contribution in [0.25, 0.3) is 0 Å². The van der Waals surface area contributed by atoms with Gasteiger partial charge >= 0.3 is 6.09 Å². The van der Waals surface area contributed by atoms with E-state index in [-0.39, 0.29) is 0 Å². The van der Waals surface area contributed by atoms with E-state index in [0.29, 0.717) is 12.3 Å². The van der Waals surface area contributed by atoms with Gasteiger partial charge in [-0.1, -0.05) is 28.1 Å². The summed E-state index contributed by atoms with van der Waals surface area (Å²) in [4.78, 5) is 11.4. The highest BCUT2D eigenvalue weighted by Gasteiger charge is 2.10. The number of methoxy groups -OCH3 is 1. The Morgan fingerprint density at radius 3 is 2.64 bits per heavy atom. The van der Waals surface area contributed by atoms with Crippen LogP contribution < -0.4 is 10.1 Å². The third-order valence-corrected chi connectivity index (χ3v) is 3.83. The molecule has 0 atom stereocenters. The van der Waals surface area contributed by atoms with Crippen molar-refractivity contribution in [1.82, 2.24) is 0 Å². The maximum atomic E-state index is 11.4. The Morgan fingerprint density at radius 1 is 1.18 bits per heavy atom. The summed E-state index contributed by atoms with van der Waals surface area (Å²) >= 11 is 3.43. The molecule has 22 heavy (non-hydrogen) atoms. The average molecular weight is 364 g/mol. The first kappa shape index (κ1) is 16.4. The second-order valence-electron chi connectivity index (χ2n) is 4.92. The zero-order chi connectivity index (χ0) is 16.1. The van der Waals surface area contributed by atoms with Crippen molar-refractivity contribution in [2.24, 2.45) is 0 Å². The van der Waals surface area contributed by atoms with Gasteiger partial charge < -0.3 is 9.47 Å². The second kappa shape index (κ2) is 7.31. The fourth-order valence-electron chi connectivity index (χ4n) is 2.10. The molecule has 0 aliphatic rings. The van der Waals surface area contributed by atoms with E-state index in [4.69, 9.17) is 4.74 Å². The van der Waals surface area contributed by atoms with Crippen LogP contribution >= 0.6 is 15.9 Å². The second-order valence-corrected chi connectivity index (χ2v) is 5.83. The Kier molecular flexibility index (Phi) is 5.44. The van der Waals surface area contributed by atoms with Gasteiger partial charge in [0.15, 0.2) is 0 Å². The highest BCUT2D eigenvalue weighted by atomic mass is 79.9. The molecule has 0 aliphatic heterocycles. The Balaban J connectivity index is 2.19. The van der Waals surface area contributed by atoms with Crippen LogP contribution in [0.5, 0.6) is 5.75 Å². The summed E-state index contributed by atoms with van der Waals surface area (Å²) in [6.07, 6.45) is -0.494. The Bertz CT molecular complexity index is 686. The van der Waals surface area contributed by atoms with Gasteiger partial charge in [-0.2, -0.15) is 0 Å². The Labute approximate surface area is 138 Å². The van der Waals surface area contributed by atoms with Gasteiger partial charge in [0.05, 0.1) is 12.8 Å². The summed E-state index contributed by atoms with van der Waals surface area (Å²) in [5.41, 5.74) is 3.71. The predicted molar refractivity (Wildman–Crippen MR) is 90.4 cm³/mol. The minimum absolute atomic E-state index is 0.370. The van der Waals surface area contributed by atoms with E-state index in [0.717, 1.165) is 26.9 Å². The number of nitrogens with one attached hydrogen (secondary N) is 1. The van der Waals surface area contributed by atoms with Gasteiger partial charge in [0.1, 0.15) is 12.4 Å². The average Bonchev–Trinajstić information content (AvgIpc) is 2.48. The number of anilines is 1. The number of benzene rings is 2. The number of carbonyl (C=O) groups is 1. The quantitative estimate of drug-likeness (QED) is 0.846. The molecule has 1 N–H and O–H groups in total. The molecule has 0 unspecified atom stereocenters. The molecule has 0 aromatic heterocycles. The highest BCUT2D eigenvalue weighted by Crippen LogP contribution is 2.26. The Hall–Kier alpha value is -2.01. The molecule has 0 saturated carbocycles. The van der Waals surface area contributed by atoms with Crippen LogP contribution in [0, 0.1) is 13.8 Å². The molecular weight excluding hydrogens is 346 g/mol. The standard InChI is InChI=1S/C17H18BrNO3/c1-11-5-4-6-15(19-17(20)21-3)14(11)10-22-16-8-7-13(18)9-12(16)2/h4-9H,10H2,1-3H3,(H,19,20). The lowest BCUT2D eigenvalue weighted by molar-refractivity contribution is 0.187. The SMILES string of the molecule is COC(=O)Nc1cccc(C)c1COc1ccc(Br)cc1C. The molecule has 0 fully saturated rings. The minimum Gasteiger partial charge on any atom is -0.489 e. The van der Waals surface area contributed by atoms with E-state index in [9.17, 15) is 4.79 Å². The first-order chi connectivity index (χ1) is 10.5. The zero-order valence-electron chi connectivity index (χ0n) is 12.8. The molecule has 0 radical (unpaired) electrons. The molecule has 0 bridgehead atoms. The predicted octanol–water partition coefficient (Wildman–Crippen LogP) is 4.82. The fraction of sp³-hybridized carbons (Fsp3) is 0.235. The van der Waals surface area contributed by atoms with Crippen molar-refractivity contribution >= 4 is 27.7 Å². The maximum Gasteiger partial charge on any atom is 0.411 e. The van der Waals surface area contributed by atoms with Crippen molar-refractivity contribution in [2.75, 3.05) is 12.4 Å². The molecule has 0 aliphatic carbocycles. The lowest BCUT2D eigenvalue weighted by Crippen LogP contribution is -2.14. The van der Waals surface area contributed by atoms with Gasteiger partial charge in [0.25, 0.3) is 0 Å². The van der Waals surface area contributed by atoms with Gasteiger partial charge in [0.2, 0.25) is 0 Å². The van der Waals surface area contributed by atoms with Gasteiger partial charge in [-0.05, 0) is 49.2 Å². The van der Waals surface area contributed by atoms with Gasteiger partial charge in [-0.25, -0.2) is 4.79 Å². The molecule has 2 aromatic rings. The van der Waals surface area contributed by atoms with Crippen LogP contribution in [0.1, 0.15) is 16.7 Å². The van der Waals surface area contributed by atoms with E-state index in [2.05, 4.69) is 26.0 Å². The monoisotopic (exact) mass is 363 g/mol. The lowest BCUT2D eigenvalue weighted by atomic mass is 10.1. The Morgan fingerprint density at radius 2 is 1.95 bits per heavy atom. The summed E-state index contributed by atoms with van der Waals surface area (Å²) in [5, 5.41) is 2.71. The lowest BCUT2D eigenvalue weighted by Gasteiger charge is -2.15. The van der Waals surface area contributed by atoms with E-state index in [1.807, 2.05) is 50.2 Å². The van der Waals surface area contributed by atoms with E-state index in [1.54, 1.807) is 0 Å². The van der Waals surface area contributed by atoms with Crippen LogP contribution in [0.3, 0.4) is 0 Å². The van der Waals surface area contributed by atoms with Crippen molar-refractivity contribution in [3.05, 3.63) is 57.6 Å². The van der Waals surface area contributed by atoms with Crippen LogP contribution in [0.4, 0.5) is 10.5 Å². The van der Waals surface area contributed by atoms with Gasteiger partial charge in [0, 0.05) is 10.0 Å². The number of hydrogen-bond donors (Lipinski definition) is 1. The normalized spacial score (nSPS) is 10.2. The largest absolute Gasteiger partial charge is 0.489 e. The van der Waals surface area contributed by atoms with E-state index >= 15 is 0 Å². The number of aryl methyl sites for hydroxylation is 2. The van der Waals surface area contributed by atoms with Crippen LogP contribution in [0.2, 0.25) is 0 Å². The summed E-state index contributed by atoms with van der Waals surface area (Å²) in [7, 11) is 1.34. The molecule has 0 spiro atoms. The maximum absolute atomic E-state index is 11.4. The summed E-state index contributed by atoms with van der Waals surface area (Å²) < 4.78 is 11.6. The number of hydrogen-bond acceptors (Lipinski definition) is 3. The number of halogens is 1. The molecule has 2 aromatic carbocycles. The summed E-state index contributed by atoms with van der Waals surface area (Å²) in [5.74, 6) is 0.815. The van der Waals surface area contributed by atoms with Crippen molar-refractivity contribution in [3.8, 4) is 5.75 Å².